The maximum Gasteiger partial charge on any atom is 0.305 e. The number of aliphatic carboxylic acids is 1. The molecule has 6 nitrogen and oxygen atoms in total. The smallest absolute Gasteiger partial charge is 0.305 e. The van der Waals surface area contributed by atoms with Crippen molar-refractivity contribution in [2.75, 3.05) is 20.8 Å². The van der Waals surface area contributed by atoms with E-state index < -0.39 is 5.97 Å². The first kappa shape index (κ1) is 20.9. The first-order chi connectivity index (χ1) is 10.6. The summed E-state index contributed by atoms with van der Waals surface area (Å²) in [5.41, 5.74) is 0. The van der Waals surface area contributed by atoms with Crippen LogP contribution < -0.4 is 0 Å². The fourth-order valence-corrected chi connectivity index (χ4v) is 2.08. The van der Waals surface area contributed by atoms with Gasteiger partial charge in [0.1, 0.15) is 0 Å². The van der Waals surface area contributed by atoms with Crippen LogP contribution in [0.2, 0.25) is 0 Å². The van der Waals surface area contributed by atoms with Crippen LogP contribution in [0.25, 0.3) is 0 Å². The van der Waals surface area contributed by atoms with Crippen molar-refractivity contribution in [3.8, 4) is 0 Å². The molecular formula is C16H30O6. The zero-order chi connectivity index (χ0) is 16.6. The molecule has 0 aromatic carbocycles. The van der Waals surface area contributed by atoms with E-state index in [2.05, 4.69) is 0 Å². The Bertz CT molecular complexity index is 288. The van der Waals surface area contributed by atoms with Crippen molar-refractivity contribution in [3.63, 3.8) is 0 Å². The highest BCUT2D eigenvalue weighted by Crippen LogP contribution is 2.09. The van der Waals surface area contributed by atoms with Crippen LogP contribution in [0.1, 0.15) is 64.2 Å². The van der Waals surface area contributed by atoms with E-state index in [1.54, 1.807) is 14.2 Å². The van der Waals surface area contributed by atoms with E-state index in [-0.39, 0.29) is 18.7 Å². The predicted octanol–water partition coefficient (Wildman–Crippen LogP) is 3.13. The van der Waals surface area contributed by atoms with Crippen molar-refractivity contribution in [1.82, 2.24) is 0 Å². The number of esters is 1. The first-order valence-corrected chi connectivity index (χ1v) is 8.03. The number of carboxylic acid groups (broad SMARTS) is 1. The SMILES string of the molecule is COC(CCCCOC(=O)CCCCCCCC(=O)O)OC. The summed E-state index contributed by atoms with van der Waals surface area (Å²) in [6.07, 6.45) is 7.32. The molecule has 0 aliphatic rings. The molecule has 0 bridgehead atoms. The number of carboxylic acids is 1. The van der Waals surface area contributed by atoms with Crippen molar-refractivity contribution < 1.29 is 28.9 Å². The Balaban J connectivity index is 3.31. The fraction of sp³-hybridized carbons (Fsp3) is 0.875. The quantitative estimate of drug-likeness (QED) is 0.284. The summed E-state index contributed by atoms with van der Waals surface area (Å²) in [7, 11) is 3.21. The highest BCUT2D eigenvalue weighted by Gasteiger charge is 2.06. The molecule has 6 heteroatoms. The Labute approximate surface area is 133 Å². The summed E-state index contributed by atoms with van der Waals surface area (Å²) in [5, 5.41) is 8.49. The van der Waals surface area contributed by atoms with Crippen molar-refractivity contribution in [2.45, 2.75) is 70.5 Å². The van der Waals surface area contributed by atoms with Crippen molar-refractivity contribution in [3.05, 3.63) is 0 Å². The molecule has 22 heavy (non-hydrogen) atoms. The molecule has 130 valence electrons. The second-order valence-corrected chi connectivity index (χ2v) is 5.28. The van der Waals surface area contributed by atoms with Gasteiger partial charge in [-0.1, -0.05) is 19.3 Å². The van der Waals surface area contributed by atoms with E-state index >= 15 is 0 Å². The second-order valence-electron chi connectivity index (χ2n) is 5.28. The molecule has 0 aromatic heterocycles. The lowest BCUT2D eigenvalue weighted by atomic mass is 10.1. The minimum Gasteiger partial charge on any atom is -0.481 e. The van der Waals surface area contributed by atoms with Gasteiger partial charge in [0.25, 0.3) is 0 Å². The summed E-state index contributed by atoms with van der Waals surface area (Å²) >= 11 is 0. The number of carbonyl (C=O) groups excluding carboxylic acids is 1. The highest BCUT2D eigenvalue weighted by molar-refractivity contribution is 5.69. The van der Waals surface area contributed by atoms with Crippen LogP contribution in [0.4, 0.5) is 0 Å². The van der Waals surface area contributed by atoms with Gasteiger partial charge in [0.15, 0.2) is 6.29 Å². The monoisotopic (exact) mass is 318 g/mol. The van der Waals surface area contributed by atoms with Crippen LogP contribution in [0.3, 0.4) is 0 Å². The average Bonchev–Trinajstić information content (AvgIpc) is 2.49. The van der Waals surface area contributed by atoms with Crippen molar-refractivity contribution in [2.24, 2.45) is 0 Å². The molecule has 0 aliphatic carbocycles. The molecule has 0 heterocycles. The predicted molar refractivity (Wildman–Crippen MR) is 82.6 cm³/mol. The summed E-state index contributed by atoms with van der Waals surface area (Å²) in [5.74, 6) is -0.897. The molecule has 0 fully saturated rings. The van der Waals surface area contributed by atoms with Crippen LogP contribution in [0.5, 0.6) is 0 Å². The van der Waals surface area contributed by atoms with Gasteiger partial charge in [-0.15, -0.1) is 0 Å². The molecule has 0 rings (SSSR count). The second kappa shape index (κ2) is 14.8. The molecule has 0 atom stereocenters. The molecule has 0 aliphatic heterocycles. The van der Waals surface area contributed by atoms with Crippen molar-refractivity contribution >= 4 is 11.9 Å². The Morgan fingerprint density at radius 1 is 0.864 bits per heavy atom. The van der Waals surface area contributed by atoms with Gasteiger partial charge in [-0.3, -0.25) is 9.59 Å². The van der Waals surface area contributed by atoms with Gasteiger partial charge in [-0.2, -0.15) is 0 Å². The molecule has 0 spiro atoms. The van der Waals surface area contributed by atoms with Crippen LogP contribution in [-0.4, -0.2) is 44.2 Å². The topological polar surface area (TPSA) is 82.1 Å². The van der Waals surface area contributed by atoms with Gasteiger partial charge in [-0.25, -0.2) is 0 Å². The molecule has 0 unspecified atom stereocenters. The van der Waals surface area contributed by atoms with Gasteiger partial charge < -0.3 is 19.3 Å². The third-order valence-electron chi connectivity index (χ3n) is 3.39. The Kier molecular flexibility index (Phi) is 14.0. The Hall–Kier alpha value is -1.14. The van der Waals surface area contributed by atoms with Gasteiger partial charge in [0.05, 0.1) is 6.61 Å². The zero-order valence-electron chi connectivity index (χ0n) is 13.8. The molecule has 1 N–H and O–H groups in total. The standard InChI is InChI=1S/C16H30O6/c1-20-16(21-2)12-8-9-13-22-15(19)11-7-5-3-4-6-10-14(17)18/h16H,3-13H2,1-2H3,(H,17,18). The van der Waals surface area contributed by atoms with Crippen molar-refractivity contribution in [1.29, 1.82) is 0 Å². The number of methoxy groups -OCH3 is 2. The van der Waals surface area contributed by atoms with Gasteiger partial charge in [0.2, 0.25) is 0 Å². The van der Waals surface area contributed by atoms with Crippen LogP contribution in [0, 0.1) is 0 Å². The Morgan fingerprint density at radius 2 is 1.45 bits per heavy atom. The van der Waals surface area contributed by atoms with Crippen LogP contribution in [-0.2, 0) is 23.8 Å². The molecular weight excluding hydrogens is 288 g/mol. The molecule has 0 radical (unpaired) electrons. The maximum atomic E-state index is 11.5. The summed E-state index contributed by atoms with van der Waals surface area (Å²) < 4.78 is 15.3. The average molecular weight is 318 g/mol. The van der Waals surface area contributed by atoms with E-state index in [4.69, 9.17) is 19.3 Å². The Morgan fingerprint density at radius 3 is 2.05 bits per heavy atom. The van der Waals surface area contributed by atoms with E-state index in [1.807, 2.05) is 0 Å². The van der Waals surface area contributed by atoms with E-state index in [9.17, 15) is 9.59 Å². The van der Waals surface area contributed by atoms with Crippen LogP contribution in [0.15, 0.2) is 0 Å². The minimum absolute atomic E-state index is 0.152. The maximum absolute atomic E-state index is 11.5. The summed E-state index contributed by atoms with van der Waals surface area (Å²) in [6, 6.07) is 0. The lowest BCUT2D eigenvalue weighted by Gasteiger charge is -2.12. The normalized spacial score (nSPS) is 10.9. The molecule has 0 amide bonds. The lowest BCUT2D eigenvalue weighted by molar-refractivity contribution is -0.144. The van der Waals surface area contributed by atoms with Crippen LogP contribution >= 0.6 is 0 Å². The molecule has 0 saturated carbocycles. The summed E-state index contributed by atoms with van der Waals surface area (Å²) in [6.45, 7) is 0.442. The largest absolute Gasteiger partial charge is 0.481 e. The number of carbonyl (C=O) groups is 2. The lowest BCUT2D eigenvalue weighted by Crippen LogP contribution is -2.13. The minimum atomic E-state index is -0.745. The van der Waals surface area contributed by atoms with E-state index in [1.165, 1.54) is 0 Å². The van der Waals surface area contributed by atoms with E-state index in [0.717, 1.165) is 44.9 Å². The number of rotatable bonds is 15. The first-order valence-electron chi connectivity index (χ1n) is 8.03. The molecule has 0 saturated heterocycles. The van der Waals surface area contributed by atoms with Gasteiger partial charge >= 0.3 is 11.9 Å². The molecule has 0 aromatic rings. The number of unbranched alkanes of at least 4 members (excludes halogenated alkanes) is 5. The third-order valence-corrected chi connectivity index (χ3v) is 3.39. The number of hydrogen-bond donors (Lipinski definition) is 1. The zero-order valence-corrected chi connectivity index (χ0v) is 13.8. The number of hydrogen-bond acceptors (Lipinski definition) is 5. The van der Waals surface area contributed by atoms with Gasteiger partial charge in [-0.05, 0) is 32.1 Å². The van der Waals surface area contributed by atoms with Gasteiger partial charge in [0, 0.05) is 27.1 Å². The fourth-order valence-electron chi connectivity index (χ4n) is 2.08. The summed E-state index contributed by atoms with van der Waals surface area (Å²) in [4.78, 5) is 21.8. The number of ether oxygens (including phenoxy) is 3. The van der Waals surface area contributed by atoms with E-state index in [0.29, 0.717) is 19.4 Å². The highest BCUT2D eigenvalue weighted by atomic mass is 16.7. The third kappa shape index (κ3) is 13.8.